The monoisotopic (exact) mass is 472 g/mol. The Morgan fingerprint density at radius 3 is 2.19 bits per heavy atom. The lowest BCUT2D eigenvalue weighted by molar-refractivity contribution is 0.601. The van der Waals surface area contributed by atoms with E-state index in [1.165, 1.54) is 12.1 Å². The van der Waals surface area contributed by atoms with Crippen LogP contribution >= 0.6 is 55.1 Å². The van der Waals surface area contributed by atoms with Crippen molar-refractivity contribution in [3.05, 3.63) is 49.3 Å². The summed E-state index contributed by atoms with van der Waals surface area (Å²) in [5.41, 5.74) is 6.05. The highest BCUT2D eigenvalue weighted by Gasteiger charge is 2.23. The van der Waals surface area contributed by atoms with Crippen molar-refractivity contribution in [3.63, 3.8) is 0 Å². The number of hydrogen-bond donors (Lipinski definition) is 2. The van der Waals surface area contributed by atoms with E-state index in [2.05, 4.69) is 36.6 Å². The minimum Gasteiger partial charge on any atom is -0.398 e. The quantitative estimate of drug-likeness (QED) is 0.621. The van der Waals surface area contributed by atoms with Crippen LogP contribution in [-0.4, -0.2) is 8.42 Å². The van der Waals surface area contributed by atoms with Gasteiger partial charge in [-0.25, -0.2) is 8.42 Å². The Balaban J connectivity index is 2.54. The normalized spacial score (nSPS) is 11.4. The van der Waals surface area contributed by atoms with Gasteiger partial charge in [0.2, 0.25) is 0 Å². The van der Waals surface area contributed by atoms with Gasteiger partial charge in [-0.1, -0.05) is 29.3 Å². The Labute approximate surface area is 148 Å². The molecule has 2 aromatic rings. The Hall–Kier alpha value is -0.470. The SMILES string of the molecule is Nc1cc(Cl)cc(Cl)c1S(=O)(=O)Nc1c(Br)cccc1Br. The number of nitrogens with one attached hydrogen (secondary N) is 1. The molecular weight excluding hydrogens is 467 g/mol. The zero-order chi connectivity index (χ0) is 15.8. The average molecular weight is 475 g/mol. The van der Waals surface area contributed by atoms with Crippen LogP contribution in [0.5, 0.6) is 0 Å². The first kappa shape index (κ1) is 16.9. The van der Waals surface area contributed by atoms with Gasteiger partial charge in [0.05, 0.1) is 16.4 Å². The zero-order valence-electron chi connectivity index (χ0n) is 10.2. The summed E-state index contributed by atoms with van der Waals surface area (Å²) in [6, 6.07) is 7.82. The molecule has 3 N–H and O–H groups in total. The van der Waals surface area contributed by atoms with Gasteiger partial charge in [-0.15, -0.1) is 0 Å². The molecule has 0 amide bonds. The summed E-state index contributed by atoms with van der Waals surface area (Å²) in [4.78, 5) is -0.212. The Bertz CT molecular complexity index is 770. The molecule has 2 rings (SSSR count). The molecule has 0 aliphatic heterocycles. The number of sulfonamides is 1. The third-order valence-electron chi connectivity index (χ3n) is 2.51. The molecule has 0 saturated heterocycles. The zero-order valence-corrected chi connectivity index (χ0v) is 15.7. The van der Waals surface area contributed by atoms with Gasteiger partial charge in [-0.05, 0) is 56.1 Å². The maximum atomic E-state index is 12.5. The molecule has 9 heteroatoms. The molecule has 0 spiro atoms. The maximum absolute atomic E-state index is 12.5. The molecule has 0 heterocycles. The van der Waals surface area contributed by atoms with Crippen LogP contribution in [0.2, 0.25) is 10.0 Å². The number of rotatable bonds is 3. The Morgan fingerprint density at radius 1 is 1.10 bits per heavy atom. The molecule has 0 fully saturated rings. The lowest BCUT2D eigenvalue weighted by Gasteiger charge is -2.14. The highest BCUT2D eigenvalue weighted by atomic mass is 79.9. The smallest absolute Gasteiger partial charge is 0.265 e. The van der Waals surface area contributed by atoms with E-state index in [-0.39, 0.29) is 20.6 Å². The van der Waals surface area contributed by atoms with Crippen molar-refractivity contribution in [2.24, 2.45) is 0 Å². The number of para-hydroxylation sites is 1. The Morgan fingerprint density at radius 2 is 1.67 bits per heavy atom. The molecule has 0 aromatic heterocycles. The number of hydrogen-bond acceptors (Lipinski definition) is 3. The van der Waals surface area contributed by atoms with Gasteiger partial charge < -0.3 is 5.73 Å². The van der Waals surface area contributed by atoms with Gasteiger partial charge >= 0.3 is 0 Å². The molecule has 2 aromatic carbocycles. The van der Waals surface area contributed by atoms with Crippen molar-refractivity contribution in [1.29, 1.82) is 0 Å². The first-order valence-electron chi connectivity index (χ1n) is 5.43. The number of nitrogens with two attached hydrogens (primary N) is 1. The molecule has 0 unspecified atom stereocenters. The molecule has 0 aliphatic carbocycles. The van der Waals surface area contributed by atoms with E-state index >= 15 is 0 Å². The highest BCUT2D eigenvalue weighted by molar-refractivity contribution is 9.11. The van der Waals surface area contributed by atoms with Gasteiger partial charge in [-0.2, -0.15) is 0 Å². The third kappa shape index (κ3) is 3.65. The van der Waals surface area contributed by atoms with Gasteiger partial charge in [0, 0.05) is 14.0 Å². The van der Waals surface area contributed by atoms with Crippen LogP contribution < -0.4 is 10.5 Å². The van der Waals surface area contributed by atoms with E-state index in [9.17, 15) is 8.42 Å². The second-order valence-electron chi connectivity index (χ2n) is 4.01. The van der Waals surface area contributed by atoms with E-state index in [0.717, 1.165) is 0 Å². The van der Waals surface area contributed by atoms with Crippen LogP contribution in [0.3, 0.4) is 0 Å². The first-order valence-corrected chi connectivity index (χ1v) is 9.26. The van der Waals surface area contributed by atoms with E-state index in [1.54, 1.807) is 18.2 Å². The second kappa shape index (κ2) is 6.34. The predicted octanol–water partition coefficient (Wildman–Crippen LogP) is 4.90. The number of nitrogen functional groups attached to an aromatic ring is 1. The van der Waals surface area contributed by atoms with E-state index in [4.69, 9.17) is 28.9 Å². The van der Waals surface area contributed by atoms with Crippen LogP contribution in [0.4, 0.5) is 11.4 Å². The molecule has 0 aliphatic rings. The van der Waals surface area contributed by atoms with Gasteiger partial charge in [0.25, 0.3) is 10.0 Å². The minimum absolute atomic E-state index is 0.0248. The molecule has 0 atom stereocenters. The van der Waals surface area contributed by atoms with Gasteiger partial charge in [0.1, 0.15) is 4.90 Å². The van der Waals surface area contributed by atoms with E-state index in [1.807, 2.05) is 0 Å². The molecule has 21 heavy (non-hydrogen) atoms. The molecule has 0 bridgehead atoms. The van der Waals surface area contributed by atoms with E-state index < -0.39 is 10.0 Å². The molecule has 0 saturated carbocycles. The minimum atomic E-state index is -3.96. The fraction of sp³-hybridized carbons (Fsp3) is 0. The summed E-state index contributed by atoms with van der Waals surface area (Å²) in [5.74, 6) is 0. The Kier molecular flexibility index (Phi) is 5.10. The van der Waals surface area contributed by atoms with Crippen LogP contribution in [0.1, 0.15) is 0 Å². The maximum Gasteiger partial charge on any atom is 0.265 e. The van der Waals surface area contributed by atoms with Crippen LogP contribution in [0.25, 0.3) is 0 Å². The fourth-order valence-corrected chi connectivity index (χ4v) is 5.19. The summed E-state index contributed by atoms with van der Waals surface area (Å²) < 4.78 is 28.6. The first-order chi connectivity index (χ1) is 9.72. The number of anilines is 2. The largest absolute Gasteiger partial charge is 0.398 e. The topological polar surface area (TPSA) is 72.2 Å². The number of benzene rings is 2. The van der Waals surface area contributed by atoms with Crippen molar-refractivity contribution in [2.75, 3.05) is 10.5 Å². The van der Waals surface area contributed by atoms with Crippen molar-refractivity contribution in [2.45, 2.75) is 4.90 Å². The van der Waals surface area contributed by atoms with Crippen molar-refractivity contribution >= 4 is 76.5 Å². The summed E-state index contributed by atoms with van der Waals surface area (Å²) in [5, 5.41) is 0.217. The summed E-state index contributed by atoms with van der Waals surface area (Å²) in [6.07, 6.45) is 0. The summed E-state index contributed by atoms with van der Waals surface area (Å²) >= 11 is 18.3. The van der Waals surface area contributed by atoms with Gasteiger partial charge in [-0.3, -0.25) is 4.72 Å². The lowest BCUT2D eigenvalue weighted by atomic mass is 10.3. The molecule has 4 nitrogen and oxygen atoms in total. The predicted molar refractivity (Wildman–Crippen MR) is 93.5 cm³/mol. The summed E-state index contributed by atoms with van der Waals surface area (Å²) in [7, 11) is -3.96. The second-order valence-corrected chi connectivity index (χ2v) is 8.18. The highest BCUT2D eigenvalue weighted by Crippen LogP contribution is 2.36. The van der Waals surface area contributed by atoms with Crippen molar-refractivity contribution in [1.82, 2.24) is 0 Å². The van der Waals surface area contributed by atoms with Gasteiger partial charge in [0.15, 0.2) is 0 Å². The average Bonchev–Trinajstić information content (AvgIpc) is 2.32. The molecule has 112 valence electrons. The standard InChI is InChI=1S/C12H8Br2Cl2N2O2S/c13-7-2-1-3-8(14)11(7)18-21(19,20)12-9(16)4-6(15)5-10(12)17/h1-5,18H,17H2. The molecular formula is C12H8Br2Cl2N2O2S. The van der Waals surface area contributed by atoms with Crippen molar-refractivity contribution < 1.29 is 8.42 Å². The fourth-order valence-electron chi connectivity index (χ4n) is 1.64. The lowest BCUT2D eigenvalue weighted by Crippen LogP contribution is -2.16. The summed E-state index contributed by atoms with van der Waals surface area (Å²) in [6.45, 7) is 0. The van der Waals surface area contributed by atoms with Crippen molar-refractivity contribution in [3.8, 4) is 0 Å². The van der Waals surface area contributed by atoms with Crippen LogP contribution in [0, 0.1) is 0 Å². The third-order valence-corrected chi connectivity index (χ3v) is 5.92. The van der Waals surface area contributed by atoms with Crippen LogP contribution in [-0.2, 0) is 10.0 Å². The van der Waals surface area contributed by atoms with E-state index in [0.29, 0.717) is 14.6 Å². The number of halogens is 4. The van der Waals surface area contributed by atoms with Crippen LogP contribution in [0.15, 0.2) is 44.2 Å². The molecule has 0 radical (unpaired) electrons.